The smallest absolute Gasteiger partial charge is 0.0475 e. The van der Waals surface area contributed by atoms with Gasteiger partial charge < -0.3 is 5.73 Å². The van der Waals surface area contributed by atoms with E-state index in [1.165, 1.54) is 36.8 Å². The summed E-state index contributed by atoms with van der Waals surface area (Å²) in [7, 11) is 0. The van der Waals surface area contributed by atoms with Crippen LogP contribution in [0.5, 0.6) is 0 Å². The minimum Gasteiger partial charge on any atom is -0.329 e. The molecule has 2 rings (SSSR count). The minimum atomic E-state index is 0.324. The zero-order valence-corrected chi connectivity index (χ0v) is 12.8. The maximum absolute atomic E-state index is 6.08. The summed E-state index contributed by atoms with van der Waals surface area (Å²) in [5.74, 6) is 0. The highest BCUT2D eigenvalue weighted by Gasteiger charge is 2.28. The van der Waals surface area contributed by atoms with E-state index in [-0.39, 0.29) is 0 Å². The minimum absolute atomic E-state index is 0.324. The molecular formula is C16H25ClN2. The third-order valence-electron chi connectivity index (χ3n) is 4.37. The topological polar surface area (TPSA) is 29.3 Å². The van der Waals surface area contributed by atoms with Crippen LogP contribution < -0.4 is 5.73 Å². The van der Waals surface area contributed by atoms with Crippen LogP contribution in [0.15, 0.2) is 18.2 Å². The van der Waals surface area contributed by atoms with Crippen molar-refractivity contribution in [2.24, 2.45) is 5.73 Å². The van der Waals surface area contributed by atoms with Crippen molar-refractivity contribution in [3.63, 3.8) is 0 Å². The van der Waals surface area contributed by atoms with E-state index in [1.807, 2.05) is 12.1 Å². The predicted molar refractivity (Wildman–Crippen MR) is 82.6 cm³/mol. The van der Waals surface area contributed by atoms with Gasteiger partial charge in [-0.15, -0.1) is 0 Å². The first-order valence-electron chi connectivity index (χ1n) is 7.39. The summed E-state index contributed by atoms with van der Waals surface area (Å²) in [4.78, 5) is 2.59. The molecule has 0 bridgehead atoms. The van der Waals surface area contributed by atoms with E-state index in [9.17, 15) is 0 Å². The van der Waals surface area contributed by atoms with Crippen molar-refractivity contribution in [3.05, 3.63) is 34.3 Å². The predicted octanol–water partition coefficient (Wildman–Crippen LogP) is 3.91. The number of aryl methyl sites for hydroxylation is 1. The van der Waals surface area contributed by atoms with Crippen LogP contribution in [0.2, 0.25) is 5.02 Å². The fourth-order valence-electron chi connectivity index (χ4n) is 3.42. The summed E-state index contributed by atoms with van der Waals surface area (Å²) in [6.07, 6.45) is 5.35. The van der Waals surface area contributed by atoms with Gasteiger partial charge in [-0.1, -0.05) is 37.4 Å². The number of hydrogen-bond donors (Lipinski definition) is 1. The maximum Gasteiger partial charge on any atom is 0.0475 e. The quantitative estimate of drug-likeness (QED) is 0.886. The summed E-state index contributed by atoms with van der Waals surface area (Å²) >= 11 is 6.06. The van der Waals surface area contributed by atoms with E-state index in [4.69, 9.17) is 17.3 Å². The molecule has 106 valence electrons. The third kappa shape index (κ3) is 3.31. The van der Waals surface area contributed by atoms with Gasteiger partial charge in [-0.3, -0.25) is 4.90 Å². The highest BCUT2D eigenvalue weighted by Crippen LogP contribution is 2.32. The number of rotatable bonds is 5. The third-order valence-corrected chi connectivity index (χ3v) is 4.61. The van der Waals surface area contributed by atoms with Crippen molar-refractivity contribution in [2.45, 2.75) is 51.6 Å². The number of hydrogen-bond acceptors (Lipinski definition) is 2. The second-order valence-electron chi connectivity index (χ2n) is 5.52. The van der Waals surface area contributed by atoms with Crippen molar-refractivity contribution in [2.75, 3.05) is 13.1 Å². The Morgan fingerprint density at radius 1 is 1.37 bits per heavy atom. The monoisotopic (exact) mass is 280 g/mol. The van der Waals surface area contributed by atoms with Crippen molar-refractivity contribution in [3.8, 4) is 0 Å². The molecule has 1 atom stereocenters. The second-order valence-corrected chi connectivity index (χ2v) is 5.96. The van der Waals surface area contributed by atoms with Gasteiger partial charge in [0.05, 0.1) is 0 Å². The van der Waals surface area contributed by atoms with Gasteiger partial charge in [0.1, 0.15) is 0 Å². The van der Waals surface area contributed by atoms with E-state index in [0.717, 1.165) is 11.6 Å². The Labute approximate surface area is 121 Å². The molecule has 1 saturated carbocycles. The summed E-state index contributed by atoms with van der Waals surface area (Å²) in [5.41, 5.74) is 8.66. The number of likely N-dealkylation sites (N-methyl/N-ethyl adjacent to an activating group) is 1. The lowest BCUT2D eigenvalue weighted by molar-refractivity contribution is 0.147. The standard InChI is InChI=1S/C16H25ClN2/c1-3-19(14-6-4-5-7-14)16(11-18)15-9-8-13(17)10-12(15)2/h8-10,14,16H,3-7,11,18H2,1-2H3. The Kier molecular flexibility index (Phi) is 5.26. The van der Waals surface area contributed by atoms with Gasteiger partial charge >= 0.3 is 0 Å². The van der Waals surface area contributed by atoms with Gasteiger partial charge in [-0.2, -0.15) is 0 Å². The van der Waals surface area contributed by atoms with Gasteiger partial charge in [0.15, 0.2) is 0 Å². The number of nitrogens with zero attached hydrogens (tertiary/aromatic N) is 1. The number of halogens is 1. The molecule has 0 aliphatic heterocycles. The zero-order chi connectivity index (χ0) is 13.8. The molecule has 1 unspecified atom stereocenters. The molecule has 0 saturated heterocycles. The van der Waals surface area contributed by atoms with Crippen molar-refractivity contribution in [1.82, 2.24) is 4.90 Å². The van der Waals surface area contributed by atoms with E-state index in [0.29, 0.717) is 18.6 Å². The second kappa shape index (κ2) is 6.74. The maximum atomic E-state index is 6.08. The van der Waals surface area contributed by atoms with Gasteiger partial charge in [-0.05, 0) is 49.6 Å². The number of benzene rings is 1. The Hall–Kier alpha value is -0.570. The average Bonchev–Trinajstić information content (AvgIpc) is 2.90. The summed E-state index contributed by atoms with van der Waals surface area (Å²) in [5, 5.41) is 0.806. The Morgan fingerprint density at radius 3 is 2.58 bits per heavy atom. The van der Waals surface area contributed by atoms with Crippen LogP contribution in [0.1, 0.15) is 49.8 Å². The molecule has 2 N–H and O–H groups in total. The molecular weight excluding hydrogens is 256 g/mol. The Balaban J connectivity index is 2.26. The normalized spacial score (nSPS) is 18.2. The summed E-state index contributed by atoms with van der Waals surface area (Å²) in [6.45, 7) is 6.11. The fourth-order valence-corrected chi connectivity index (χ4v) is 3.65. The number of nitrogens with two attached hydrogens (primary N) is 1. The molecule has 1 aromatic rings. The van der Waals surface area contributed by atoms with Crippen LogP contribution in [0.4, 0.5) is 0 Å². The molecule has 0 radical (unpaired) electrons. The van der Waals surface area contributed by atoms with Crippen LogP contribution >= 0.6 is 11.6 Å². The molecule has 0 spiro atoms. The van der Waals surface area contributed by atoms with Crippen molar-refractivity contribution < 1.29 is 0 Å². The molecule has 1 aliphatic carbocycles. The molecule has 1 aromatic carbocycles. The lowest BCUT2D eigenvalue weighted by atomic mass is 9.98. The average molecular weight is 281 g/mol. The van der Waals surface area contributed by atoms with Gasteiger partial charge in [0, 0.05) is 23.7 Å². The molecule has 3 heteroatoms. The largest absolute Gasteiger partial charge is 0.329 e. The van der Waals surface area contributed by atoms with E-state index < -0.39 is 0 Å². The fraction of sp³-hybridized carbons (Fsp3) is 0.625. The first-order chi connectivity index (χ1) is 9.17. The molecule has 2 nitrogen and oxygen atoms in total. The van der Waals surface area contributed by atoms with Crippen LogP contribution in [-0.2, 0) is 0 Å². The van der Waals surface area contributed by atoms with Gasteiger partial charge in [-0.25, -0.2) is 0 Å². The van der Waals surface area contributed by atoms with E-state index >= 15 is 0 Å². The summed E-state index contributed by atoms with van der Waals surface area (Å²) < 4.78 is 0. The molecule has 0 amide bonds. The highest BCUT2D eigenvalue weighted by atomic mass is 35.5. The molecule has 1 fully saturated rings. The summed E-state index contributed by atoms with van der Waals surface area (Å²) in [6, 6.07) is 7.20. The highest BCUT2D eigenvalue weighted by molar-refractivity contribution is 6.30. The molecule has 0 aromatic heterocycles. The zero-order valence-electron chi connectivity index (χ0n) is 12.0. The van der Waals surface area contributed by atoms with Crippen LogP contribution in [0.25, 0.3) is 0 Å². The van der Waals surface area contributed by atoms with Gasteiger partial charge in [0.25, 0.3) is 0 Å². The molecule has 19 heavy (non-hydrogen) atoms. The Morgan fingerprint density at radius 2 is 2.05 bits per heavy atom. The molecule has 0 heterocycles. The lowest BCUT2D eigenvalue weighted by Crippen LogP contribution is -2.40. The first-order valence-corrected chi connectivity index (χ1v) is 7.77. The van der Waals surface area contributed by atoms with Crippen LogP contribution in [-0.4, -0.2) is 24.0 Å². The SMILES string of the molecule is CCN(C1CCCC1)C(CN)c1ccc(Cl)cc1C. The first kappa shape index (κ1) is 14.8. The Bertz CT molecular complexity index is 413. The van der Waals surface area contributed by atoms with E-state index in [1.54, 1.807) is 0 Å². The lowest BCUT2D eigenvalue weighted by Gasteiger charge is -2.36. The van der Waals surface area contributed by atoms with Crippen LogP contribution in [0, 0.1) is 6.92 Å². The van der Waals surface area contributed by atoms with E-state index in [2.05, 4.69) is 24.8 Å². The van der Waals surface area contributed by atoms with Crippen molar-refractivity contribution in [1.29, 1.82) is 0 Å². The molecule has 1 aliphatic rings. The van der Waals surface area contributed by atoms with Gasteiger partial charge in [0.2, 0.25) is 0 Å². The van der Waals surface area contributed by atoms with Crippen molar-refractivity contribution >= 4 is 11.6 Å². The van der Waals surface area contributed by atoms with Crippen LogP contribution in [0.3, 0.4) is 0 Å².